The van der Waals surface area contributed by atoms with E-state index in [0.717, 1.165) is 6.42 Å². The number of sulfone groups is 1. The average molecular weight is 248 g/mol. The minimum Gasteiger partial charge on any atom is -0.370 e. The van der Waals surface area contributed by atoms with Gasteiger partial charge in [-0.3, -0.25) is 4.79 Å². The van der Waals surface area contributed by atoms with Crippen LogP contribution in [0.1, 0.15) is 32.6 Å². The molecule has 5 nitrogen and oxygen atoms in total. The van der Waals surface area contributed by atoms with Crippen molar-refractivity contribution in [3.05, 3.63) is 0 Å². The van der Waals surface area contributed by atoms with E-state index in [1.807, 2.05) is 6.92 Å². The first-order valence-corrected chi connectivity index (χ1v) is 7.49. The summed E-state index contributed by atoms with van der Waals surface area (Å²) in [5.74, 6) is -0.448. The van der Waals surface area contributed by atoms with Gasteiger partial charge in [-0.2, -0.15) is 0 Å². The zero-order valence-electron chi connectivity index (χ0n) is 9.82. The van der Waals surface area contributed by atoms with E-state index in [0.29, 0.717) is 19.4 Å². The van der Waals surface area contributed by atoms with Gasteiger partial charge in [0.2, 0.25) is 5.91 Å². The van der Waals surface area contributed by atoms with Crippen molar-refractivity contribution in [1.29, 1.82) is 0 Å². The van der Waals surface area contributed by atoms with Gasteiger partial charge in [0.15, 0.2) is 9.84 Å². The quantitative estimate of drug-likeness (QED) is 0.705. The summed E-state index contributed by atoms with van der Waals surface area (Å²) in [6.45, 7) is 2.54. The van der Waals surface area contributed by atoms with Gasteiger partial charge in [0.25, 0.3) is 0 Å². The van der Waals surface area contributed by atoms with E-state index in [-0.39, 0.29) is 6.42 Å². The van der Waals surface area contributed by atoms with Gasteiger partial charge < -0.3 is 11.1 Å². The summed E-state index contributed by atoms with van der Waals surface area (Å²) >= 11 is 0. The number of nitrogens with one attached hydrogen (secondary N) is 1. The summed E-state index contributed by atoms with van der Waals surface area (Å²) < 4.78 is 23.4. The van der Waals surface area contributed by atoms with E-state index < -0.39 is 26.5 Å². The van der Waals surface area contributed by atoms with Crippen molar-refractivity contribution in [2.45, 2.75) is 43.4 Å². The third kappa shape index (κ3) is 2.74. The van der Waals surface area contributed by atoms with Gasteiger partial charge in [0.1, 0.15) is 0 Å². The highest BCUT2D eigenvalue weighted by atomic mass is 32.2. The van der Waals surface area contributed by atoms with E-state index in [1.54, 1.807) is 0 Å². The fourth-order valence-corrected chi connectivity index (χ4v) is 4.49. The lowest BCUT2D eigenvalue weighted by molar-refractivity contribution is -0.119. The molecule has 1 aliphatic carbocycles. The van der Waals surface area contributed by atoms with Crippen LogP contribution in [0.25, 0.3) is 0 Å². The Kier molecular flexibility index (Phi) is 3.96. The highest BCUT2D eigenvalue weighted by Crippen LogP contribution is 2.37. The standard InChI is InChI=1S/C10H20N2O3S/c1-3-12-10(7-9(11)13)6-4-5-8(10)16(2,14)15/h8,12H,3-7H2,1-2H3,(H2,11,13). The second-order valence-corrected chi connectivity index (χ2v) is 6.77. The monoisotopic (exact) mass is 248 g/mol. The molecule has 0 radical (unpaired) electrons. The van der Waals surface area contributed by atoms with E-state index in [2.05, 4.69) is 5.32 Å². The van der Waals surface area contributed by atoms with Gasteiger partial charge in [-0.1, -0.05) is 13.3 Å². The van der Waals surface area contributed by atoms with Crippen molar-refractivity contribution in [2.24, 2.45) is 5.73 Å². The molecule has 3 N–H and O–H groups in total. The van der Waals surface area contributed by atoms with Gasteiger partial charge in [-0.25, -0.2) is 8.42 Å². The highest BCUT2D eigenvalue weighted by Gasteiger charge is 2.48. The Bertz CT molecular complexity index is 366. The Balaban J connectivity index is 3.03. The van der Waals surface area contributed by atoms with Crippen LogP contribution in [0.3, 0.4) is 0 Å². The van der Waals surface area contributed by atoms with Crippen molar-refractivity contribution in [2.75, 3.05) is 12.8 Å². The molecule has 1 saturated carbocycles. The molecule has 0 spiro atoms. The SMILES string of the molecule is CCNC1(CC(N)=O)CCCC1S(C)(=O)=O. The summed E-state index contributed by atoms with van der Waals surface area (Å²) in [4.78, 5) is 11.1. The van der Waals surface area contributed by atoms with Gasteiger partial charge in [-0.05, 0) is 19.4 Å². The van der Waals surface area contributed by atoms with Crippen LogP contribution in [0.5, 0.6) is 0 Å². The van der Waals surface area contributed by atoms with Gasteiger partial charge in [0.05, 0.1) is 5.25 Å². The predicted octanol–water partition coefficient (Wildman–Crippen LogP) is -0.193. The fourth-order valence-electron chi connectivity index (χ4n) is 2.79. The molecule has 0 aliphatic heterocycles. The molecule has 0 aromatic rings. The third-order valence-corrected chi connectivity index (χ3v) is 4.96. The maximum absolute atomic E-state index is 11.7. The molecule has 2 atom stereocenters. The van der Waals surface area contributed by atoms with Crippen molar-refractivity contribution in [3.8, 4) is 0 Å². The molecule has 0 saturated heterocycles. The zero-order chi connectivity index (χ0) is 12.4. The van der Waals surface area contributed by atoms with Crippen LogP contribution in [-0.4, -0.2) is 37.9 Å². The second kappa shape index (κ2) is 4.71. The molecule has 0 heterocycles. The number of carbonyl (C=O) groups is 1. The van der Waals surface area contributed by atoms with Crippen LogP contribution < -0.4 is 11.1 Å². The number of hydrogen-bond acceptors (Lipinski definition) is 4. The Labute approximate surface area is 96.7 Å². The number of primary amides is 1. The van der Waals surface area contributed by atoms with Gasteiger partial charge in [0, 0.05) is 18.2 Å². The molecule has 6 heteroatoms. The van der Waals surface area contributed by atoms with Gasteiger partial charge >= 0.3 is 0 Å². The van der Waals surface area contributed by atoms with E-state index in [4.69, 9.17) is 5.73 Å². The summed E-state index contributed by atoms with van der Waals surface area (Å²) in [5.41, 5.74) is 4.57. The summed E-state index contributed by atoms with van der Waals surface area (Å²) in [6.07, 6.45) is 3.45. The molecule has 2 unspecified atom stereocenters. The first kappa shape index (κ1) is 13.4. The van der Waals surface area contributed by atoms with Gasteiger partial charge in [-0.15, -0.1) is 0 Å². The lowest BCUT2D eigenvalue weighted by atomic mass is 9.92. The number of carbonyl (C=O) groups excluding carboxylic acids is 1. The molecule has 1 fully saturated rings. The van der Waals surface area contributed by atoms with Crippen molar-refractivity contribution in [1.82, 2.24) is 5.32 Å². The minimum atomic E-state index is -3.15. The van der Waals surface area contributed by atoms with Crippen LogP contribution in [0.4, 0.5) is 0 Å². The minimum absolute atomic E-state index is 0.0958. The Morgan fingerprint density at radius 3 is 2.62 bits per heavy atom. The molecular formula is C10H20N2O3S. The average Bonchev–Trinajstić information content (AvgIpc) is 2.46. The maximum Gasteiger partial charge on any atom is 0.219 e. The smallest absolute Gasteiger partial charge is 0.219 e. The molecule has 1 amide bonds. The number of hydrogen-bond donors (Lipinski definition) is 2. The van der Waals surface area contributed by atoms with Crippen molar-refractivity contribution in [3.63, 3.8) is 0 Å². The Morgan fingerprint density at radius 1 is 1.56 bits per heavy atom. The largest absolute Gasteiger partial charge is 0.370 e. The van der Waals surface area contributed by atoms with Crippen molar-refractivity contribution < 1.29 is 13.2 Å². The lowest BCUT2D eigenvalue weighted by Crippen LogP contribution is -2.55. The Hall–Kier alpha value is -0.620. The summed E-state index contributed by atoms with van der Waals surface area (Å²) in [6, 6.07) is 0. The molecular weight excluding hydrogens is 228 g/mol. The Morgan fingerprint density at radius 2 is 2.19 bits per heavy atom. The molecule has 0 aromatic heterocycles. The number of rotatable bonds is 5. The van der Waals surface area contributed by atoms with E-state index >= 15 is 0 Å². The lowest BCUT2D eigenvalue weighted by Gasteiger charge is -2.34. The van der Waals surface area contributed by atoms with Crippen molar-refractivity contribution >= 4 is 15.7 Å². The van der Waals surface area contributed by atoms with Crippen LogP contribution in [0, 0.1) is 0 Å². The van der Waals surface area contributed by atoms with Crippen LogP contribution in [0.15, 0.2) is 0 Å². The highest BCUT2D eigenvalue weighted by molar-refractivity contribution is 7.91. The van der Waals surface area contributed by atoms with Crippen LogP contribution >= 0.6 is 0 Å². The zero-order valence-corrected chi connectivity index (χ0v) is 10.6. The third-order valence-electron chi connectivity index (χ3n) is 3.24. The molecule has 16 heavy (non-hydrogen) atoms. The molecule has 0 aromatic carbocycles. The normalized spacial score (nSPS) is 30.5. The van der Waals surface area contributed by atoms with E-state index in [1.165, 1.54) is 6.26 Å². The molecule has 94 valence electrons. The first-order chi connectivity index (χ1) is 7.32. The number of nitrogens with two attached hydrogens (primary N) is 1. The van der Waals surface area contributed by atoms with Crippen LogP contribution in [0.2, 0.25) is 0 Å². The summed E-state index contributed by atoms with van der Waals surface area (Å²) in [5, 5.41) is 2.67. The maximum atomic E-state index is 11.7. The first-order valence-electron chi connectivity index (χ1n) is 5.54. The number of amides is 1. The topological polar surface area (TPSA) is 89.3 Å². The van der Waals surface area contributed by atoms with E-state index in [9.17, 15) is 13.2 Å². The predicted molar refractivity (Wildman–Crippen MR) is 62.7 cm³/mol. The molecule has 1 rings (SSSR count). The summed E-state index contributed by atoms with van der Waals surface area (Å²) in [7, 11) is -3.15. The van der Waals surface area contributed by atoms with Crippen LogP contribution in [-0.2, 0) is 14.6 Å². The molecule has 0 bridgehead atoms. The molecule has 1 aliphatic rings. The fraction of sp³-hybridized carbons (Fsp3) is 0.900. The second-order valence-electron chi connectivity index (χ2n) is 4.54.